The van der Waals surface area contributed by atoms with E-state index in [1.54, 1.807) is 0 Å². The van der Waals surface area contributed by atoms with Crippen LogP contribution in [-0.2, 0) is 0 Å². The predicted molar refractivity (Wildman–Crippen MR) is 70.3 cm³/mol. The first-order valence-electron chi connectivity index (χ1n) is 5.13. The molecule has 0 saturated heterocycles. The Morgan fingerprint density at radius 1 is 0.938 bits per heavy atom. The molecule has 0 spiro atoms. The molecule has 0 aliphatic carbocycles. The molecule has 82 valence electrons. The van der Waals surface area contributed by atoms with Gasteiger partial charge in [-0.2, -0.15) is 0 Å². The highest BCUT2D eigenvalue weighted by molar-refractivity contribution is 6.31. The fourth-order valence-corrected chi connectivity index (χ4v) is 2.29. The van der Waals surface area contributed by atoms with Gasteiger partial charge in [-0.15, -0.1) is 11.6 Å². The van der Waals surface area contributed by atoms with Crippen LogP contribution in [0, 0.1) is 6.92 Å². The summed E-state index contributed by atoms with van der Waals surface area (Å²) in [6, 6.07) is 15.9. The monoisotopic (exact) mass is 250 g/mol. The second-order valence-electron chi connectivity index (χ2n) is 3.84. The molecule has 0 radical (unpaired) electrons. The average molecular weight is 251 g/mol. The van der Waals surface area contributed by atoms with Crippen molar-refractivity contribution < 1.29 is 0 Å². The van der Waals surface area contributed by atoms with Crippen molar-refractivity contribution in [2.24, 2.45) is 0 Å². The molecule has 0 heterocycles. The highest BCUT2D eigenvalue weighted by Crippen LogP contribution is 2.30. The van der Waals surface area contributed by atoms with E-state index in [1.165, 1.54) is 0 Å². The van der Waals surface area contributed by atoms with Crippen molar-refractivity contribution in [2.75, 3.05) is 0 Å². The average Bonchev–Trinajstić information content (AvgIpc) is 2.28. The molecule has 0 saturated carbocycles. The molecule has 0 aromatic heterocycles. The molecule has 0 N–H and O–H groups in total. The van der Waals surface area contributed by atoms with Crippen LogP contribution in [0.5, 0.6) is 0 Å². The molecule has 2 heteroatoms. The van der Waals surface area contributed by atoms with E-state index in [9.17, 15) is 0 Å². The van der Waals surface area contributed by atoms with Crippen LogP contribution in [0.1, 0.15) is 22.1 Å². The molecule has 2 rings (SSSR count). The summed E-state index contributed by atoms with van der Waals surface area (Å²) in [4.78, 5) is 0. The number of aryl methyl sites for hydroxylation is 1. The Bertz CT molecular complexity index is 457. The maximum Gasteiger partial charge on any atom is 0.0836 e. The van der Waals surface area contributed by atoms with Gasteiger partial charge in [-0.05, 0) is 35.7 Å². The summed E-state index contributed by atoms with van der Waals surface area (Å²) in [5.74, 6) is 0. The van der Waals surface area contributed by atoms with Crippen molar-refractivity contribution in [3.63, 3.8) is 0 Å². The standard InChI is InChI=1S/C14H12Cl2/c1-10-7-12(9-13(15)8-10)14(16)11-5-3-2-4-6-11/h2-9,14H,1H3. The topological polar surface area (TPSA) is 0 Å². The van der Waals surface area contributed by atoms with Gasteiger partial charge in [0.2, 0.25) is 0 Å². The van der Waals surface area contributed by atoms with Gasteiger partial charge in [0, 0.05) is 5.02 Å². The van der Waals surface area contributed by atoms with Crippen molar-refractivity contribution in [2.45, 2.75) is 12.3 Å². The molecule has 0 nitrogen and oxygen atoms in total. The number of alkyl halides is 1. The minimum absolute atomic E-state index is 0.140. The van der Waals surface area contributed by atoms with Crippen LogP contribution in [0.15, 0.2) is 48.5 Å². The third-order valence-electron chi connectivity index (χ3n) is 2.45. The van der Waals surface area contributed by atoms with E-state index in [0.717, 1.165) is 21.7 Å². The summed E-state index contributed by atoms with van der Waals surface area (Å²) in [5, 5.41) is 0.593. The summed E-state index contributed by atoms with van der Waals surface area (Å²) >= 11 is 12.4. The summed E-state index contributed by atoms with van der Waals surface area (Å²) in [7, 11) is 0. The van der Waals surface area contributed by atoms with Crippen molar-refractivity contribution in [3.05, 3.63) is 70.2 Å². The molecule has 1 unspecified atom stereocenters. The number of hydrogen-bond donors (Lipinski definition) is 0. The summed E-state index contributed by atoms with van der Waals surface area (Å²) in [6.45, 7) is 2.02. The first kappa shape index (κ1) is 11.5. The van der Waals surface area contributed by atoms with E-state index in [0.29, 0.717) is 0 Å². The zero-order chi connectivity index (χ0) is 11.5. The third-order valence-corrected chi connectivity index (χ3v) is 3.17. The molecule has 0 aliphatic rings. The van der Waals surface area contributed by atoms with Gasteiger partial charge in [-0.1, -0.05) is 48.0 Å². The zero-order valence-electron chi connectivity index (χ0n) is 8.95. The number of halogens is 2. The first-order chi connectivity index (χ1) is 7.66. The lowest BCUT2D eigenvalue weighted by Gasteiger charge is -2.11. The van der Waals surface area contributed by atoms with Gasteiger partial charge in [0.05, 0.1) is 5.38 Å². The van der Waals surface area contributed by atoms with Crippen LogP contribution < -0.4 is 0 Å². The van der Waals surface area contributed by atoms with Crippen LogP contribution in [0.2, 0.25) is 5.02 Å². The van der Waals surface area contributed by atoms with Crippen LogP contribution in [0.4, 0.5) is 0 Å². The van der Waals surface area contributed by atoms with Crippen molar-refractivity contribution in [1.29, 1.82) is 0 Å². The first-order valence-corrected chi connectivity index (χ1v) is 5.94. The van der Waals surface area contributed by atoms with Gasteiger partial charge in [0.15, 0.2) is 0 Å². The molecule has 16 heavy (non-hydrogen) atoms. The predicted octanol–water partition coefficient (Wildman–Crippen LogP) is 4.98. The number of hydrogen-bond acceptors (Lipinski definition) is 0. The molecule has 2 aromatic rings. The molecule has 0 amide bonds. The fraction of sp³-hybridized carbons (Fsp3) is 0.143. The summed E-state index contributed by atoms with van der Waals surface area (Å²) < 4.78 is 0. The van der Waals surface area contributed by atoms with Crippen molar-refractivity contribution >= 4 is 23.2 Å². The van der Waals surface area contributed by atoms with E-state index >= 15 is 0 Å². The van der Waals surface area contributed by atoms with Crippen LogP contribution in [-0.4, -0.2) is 0 Å². The molecule has 1 atom stereocenters. The Balaban J connectivity index is 2.37. The Morgan fingerprint density at radius 3 is 2.25 bits per heavy atom. The van der Waals surface area contributed by atoms with Crippen LogP contribution in [0.3, 0.4) is 0 Å². The molecule has 0 fully saturated rings. The Kier molecular flexibility index (Phi) is 3.52. The van der Waals surface area contributed by atoms with Gasteiger partial charge >= 0.3 is 0 Å². The molecule has 2 aromatic carbocycles. The zero-order valence-corrected chi connectivity index (χ0v) is 10.5. The second kappa shape index (κ2) is 4.90. The number of benzene rings is 2. The lowest BCUT2D eigenvalue weighted by molar-refractivity contribution is 1.13. The van der Waals surface area contributed by atoms with Crippen molar-refractivity contribution in [1.82, 2.24) is 0 Å². The summed E-state index contributed by atoms with van der Waals surface area (Å²) in [6.07, 6.45) is 0. The Morgan fingerprint density at radius 2 is 1.62 bits per heavy atom. The van der Waals surface area contributed by atoms with Crippen LogP contribution in [0.25, 0.3) is 0 Å². The lowest BCUT2D eigenvalue weighted by atomic mass is 10.0. The maximum atomic E-state index is 6.42. The molecule has 0 bridgehead atoms. The minimum Gasteiger partial charge on any atom is -0.113 e. The van der Waals surface area contributed by atoms with E-state index in [1.807, 2.05) is 49.4 Å². The Labute approximate surface area is 106 Å². The minimum atomic E-state index is -0.140. The SMILES string of the molecule is Cc1cc(Cl)cc(C(Cl)c2ccccc2)c1. The highest BCUT2D eigenvalue weighted by atomic mass is 35.5. The van der Waals surface area contributed by atoms with E-state index in [4.69, 9.17) is 23.2 Å². The summed E-state index contributed by atoms with van der Waals surface area (Å²) in [5.41, 5.74) is 3.26. The van der Waals surface area contributed by atoms with E-state index in [-0.39, 0.29) is 5.38 Å². The van der Waals surface area contributed by atoms with Crippen LogP contribution >= 0.6 is 23.2 Å². The van der Waals surface area contributed by atoms with Gasteiger partial charge in [0.1, 0.15) is 0 Å². The molecular weight excluding hydrogens is 239 g/mol. The fourth-order valence-electron chi connectivity index (χ4n) is 1.73. The van der Waals surface area contributed by atoms with E-state index < -0.39 is 0 Å². The lowest BCUT2D eigenvalue weighted by Crippen LogP contribution is -1.93. The number of rotatable bonds is 2. The van der Waals surface area contributed by atoms with Gasteiger partial charge in [-0.3, -0.25) is 0 Å². The van der Waals surface area contributed by atoms with Gasteiger partial charge < -0.3 is 0 Å². The second-order valence-corrected chi connectivity index (χ2v) is 4.71. The van der Waals surface area contributed by atoms with E-state index in [2.05, 4.69) is 6.07 Å². The van der Waals surface area contributed by atoms with Gasteiger partial charge in [0.25, 0.3) is 0 Å². The smallest absolute Gasteiger partial charge is 0.0836 e. The van der Waals surface area contributed by atoms with Gasteiger partial charge in [-0.25, -0.2) is 0 Å². The Hall–Kier alpha value is -0.980. The molecular formula is C14H12Cl2. The van der Waals surface area contributed by atoms with Crippen molar-refractivity contribution in [3.8, 4) is 0 Å². The normalized spacial score (nSPS) is 12.4. The quantitative estimate of drug-likeness (QED) is 0.660. The highest BCUT2D eigenvalue weighted by Gasteiger charge is 2.11. The molecule has 0 aliphatic heterocycles. The third kappa shape index (κ3) is 2.58. The maximum absolute atomic E-state index is 6.42. The largest absolute Gasteiger partial charge is 0.113 e.